The highest BCUT2D eigenvalue weighted by atomic mass is 32.2. The molecule has 2 N–H and O–H groups in total. The Morgan fingerprint density at radius 1 is 1.00 bits per heavy atom. The van der Waals surface area contributed by atoms with Crippen LogP contribution in [0.25, 0.3) is 0 Å². The molecule has 2 aromatic rings. The molecule has 2 rings (SSSR count). The second kappa shape index (κ2) is 7.19. The van der Waals surface area contributed by atoms with E-state index in [-0.39, 0.29) is 0 Å². The average molecular weight is 305 g/mol. The Bertz CT molecular complexity index is 763. The number of nitriles is 1. The van der Waals surface area contributed by atoms with Crippen molar-refractivity contribution in [3.05, 3.63) is 65.7 Å². The van der Waals surface area contributed by atoms with Gasteiger partial charge in [-0.15, -0.1) is 0 Å². The Morgan fingerprint density at radius 3 is 1.90 bits per heavy atom. The second-order valence-electron chi connectivity index (χ2n) is 3.75. The van der Waals surface area contributed by atoms with Crippen molar-refractivity contribution in [1.82, 2.24) is 0 Å². The van der Waals surface area contributed by atoms with Gasteiger partial charge in [0.15, 0.2) is 0 Å². The maximum atomic E-state index is 10.7. The molecule has 2 aromatic carbocycles. The summed E-state index contributed by atoms with van der Waals surface area (Å²) in [4.78, 5) is 9.90. The Morgan fingerprint density at radius 2 is 1.52 bits per heavy atom. The molecule has 0 heterocycles. The summed E-state index contributed by atoms with van der Waals surface area (Å²) in [6.07, 6.45) is 0. The quantitative estimate of drug-likeness (QED) is 0.822. The summed E-state index contributed by atoms with van der Waals surface area (Å²) < 4.78 is 29.9. The van der Waals surface area contributed by atoms with E-state index in [9.17, 15) is 13.2 Å². The van der Waals surface area contributed by atoms with E-state index in [0.29, 0.717) is 5.56 Å². The number of hydrogen-bond acceptors (Lipinski definition) is 4. The van der Waals surface area contributed by atoms with Gasteiger partial charge in [0.25, 0.3) is 10.1 Å². The monoisotopic (exact) mass is 305 g/mol. The lowest BCUT2D eigenvalue weighted by Gasteiger charge is -2.00. The first-order chi connectivity index (χ1) is 9.86. The normalized spacial score (nSPS) is 9.90. The Labute approximate surface area is 121 Å². The third kappa shape index (κ3) is 5.06. The van der Waals surface area contributed by atoms with Gasteiger partial charge in [-0.1, -0.05) is 30.3 Å². The Balaban J connectivity index is 0.000000235. The Hall–Kier alpha value is -2.69. The zero-order chi connectivity index (χ0) is 15.9. The van der Waals surface area contributed by atoms with E-state index in [1.54, 1.807) is 12.1 Å². The second-order valence-corrected chi connectivity index (χ2v) is 5.14. The molecule has 0 atom stereocenters. The number of carboxylic acid groups (broad SMARTS) is 1. The zero-order valence-electron chi connectivity index (χ0n) is 10.7. The number of rotatable bonds is 2. The third-order valence-corrected chi connectivity index (χ3v) is 3.21. The molecular weight excluding hydrogens is 294 g/mol. The van der Waals surface area contributed by atoms with Gasteiger partial charge >= 0.3 is 5.97 Å². The van der Waals surface area contributed by atoms with Crippen LogP contribution in [0.15, 0.2) is 59.5 Å². The molecule has 0 aliphatic carbocycles. The van der Waals surface area contributed by atoms with E-state index in [1.807, 2.05) is 24.3 Å². The van der Waals surface area contributed by atoms with Crippen molar-refractivity contribution < 1.29 is 22.9 Å². The summed E-state index contributed by atoms with van der Waals surface area (Å²) in [6, 6.07) is 16.0. The molecule has 0 saturated heterocycles. The van der Waals surface area contributed by atoms with Gasteiger partial charge in [0, 0.05) is 0 Å². The zero-order valence-corrected chi connectivity index (χ0v) is 11.5. The first-order valence-electron chi connectivity index (χ1n) is 5.61. The molecule has 0 aliphatic heterocycles. The van der Waals surface area contributed by atoms with Crippen molar-refractivity contribution in [3.8, 4) is 6.07 Å². The number of carboxylic acids is 1. The topological polar surface area (TPSA) is 115 Å². The molecule has 0 bridgehead atoms. The lowest BCUT2D eigenvalue weighted by Crippen LogP contribution is -2.07. The highest BCUT2D eigenvalue weighted by Gasteiger charge is 2.18. The summed E-state index contributed by atoms with van der Waals surface area (Å²) >= 11 is 0. The van der Waals surface area contributed by atoms with Crippen LogP contribution in [-0.2, 0) is 10.1 Å². The minimum Gasteiger partial charge on any atom is -0.478 e. The first kappa shape index (κ1) is 16.4. The van der Waals surface area contributed by atoms with Gasteiger partial charge < -0.3 is 5.11 Å². The molecule has 0 amide bonds. The Kier molecular flexibility index (Phi) is 5.60. The number of hydrogen-bond donors (Lipinski definition) is 2. The fourth-order valence-corrected chi connectivity index (χ4v) is 2.06. The first-order valence-corrected chi connectivity index (χ1v) is 7.05. The van der Waals surface area contributed by atoms with E-state index < -0.39 is 26.5 Å². The maximum Gasteiger partial charge on any atom is 0.337 e. The van der Waals surface area contributed by atoms with E-state index in [4.69, 9.17) is 14.9 Å². The van der Waals surface area contributed by atoms with E-state index in [2.05, 4.69) is 0 Å². The van der Waals surface area contributed by atoms with Crippen molar-refractivity contribution in [2.75, 3.05) is 0 Å². The van der Waals surface area contributed by atoms with Gasteiger partial charge in [0.2, 0.25) is 0 Å². The van der Waals surface area contributed by atoms with Gasteiger partial charge in [0.1, 0.15) is 4.90 Å². The molecule has 0 radical (unpaired) electrons. The summed E-state index contributed by atoms with van der Waals surface area (Å²) in [7, 11) is -4.46. The van der Waals surface area contributed by atoms with E-state index in [0.717, 1.165) is 12.1 Å². The standard InChI is InChI=1S/C7H5N.C7H6O5S/c8-6-7-4-2-1-3-5-7;8-7(9)5-3-1-2-4-6(5)13(10,11)12/h1-5H;1-4H,(H,8,9)(H,10,11,12). The van der Waals surface area contributed by atoms with Crippen LogP contribution in [0.4, 0.5) is 0 Å². The predicted octanol–water partition coefficient (Wildman–Crippen LogP) is 2.19. The molecule has 0 aliphatic rings. The minimum atomic E-state index is -4.46. The van der Waals surface area contributed by atoms with Crippen LogP contribution in [0.5, 0.6) is 0 Å². The molecule has 108 valence electrons. The third-order valence-electron chi connectivity index (χ3n) is 2.30. The number of benzene rings is 2. The summed E-state index contributed by atoms with van der Waals surface area (Å²) in [5.74, 6) is -1.40. The van der Waals surface area contributed by atoms with Crippen LogP contribution in [0.3, 0.4) is 0 Å². The molecule has 0 saturated carbocycles. The molecule has 0 aromatic heterocycles. The van der Waals surface area contributed by atoms with Gasteiger partial charge in [-0.2, -0.15) is 13.7 Å². The predicted molar refractivity (Wildman–Crippen MR) is 74.4 cm³/mol. The summed E-state index contributed by atoms with van der Waals surface area (Å²) in [5.41, 5.74) is 0.275. The van der Waals surface area contributed by atoms with Gasteiger partial charge in [-0.05, 0) is 24.3 Å². The fraction of sp³-hybridized carbons (Fsp3) is 0. The van der Waals surface area contributed by atoms with Crippen LogP contribution in [-0.4, -0.2) is 24.0 Å². The van der Waals surface area contributed by atoms with Crippen molar-refractivity contribution in [1.29, 1.82) is 5.26 Å². The van der Waals surface area contributed by atoms with Crippen molar-refractivity contribution in [3.63, 3.8) is 0 Å². The largest absolute Gasteiger partial charge is 0.478 e. The smallest absolute Gasteiger partial charge is 0.337 e. The van der Waals surface area contributed by atoms with Crippen LogP contribution in [0.2, 0.25) is 0 Å². The van der Waals surface area contributed by atoms with E-state index in [1.165, 1.54) is 12.1 Å². The molecule has 21 heavy (non-hydrogen) atoms. The molecule has 0 fully saturated rings. The molecule has 0 spiro atoms. The lowest BCUT2D eigenvalue weighted by atomic mass is 10.2. The summed E-state index contributed by atoms with van der Waals surface area (Å²) in [6.45, 7) is 0. The van der Waals surface area contributed by atoms with Crippen LogP contribution >= 0.6 is 0 Å². The van der Waals surface area contributed by atoms with Crippen molar-refractivity contribution in [2.24, 2.45) is 0 Å². The van der Waals surface area contributed by atoms with Crippen LogP contribution in [0.1, 0.15) is 15.9 Å². The highest BCUT2D eigenvalue weighted by molar-refractivity contribution is 7.86. The number of carbonyl (C=O) groups is 1. The molecule has 7 heteroatoms. The van der Waals surface area contributed by atoms with Crippen LogP contribution < -0.4 is 0 Å². The van der Waals surface area contributed by atoms with Crippen LogP contribution in [0, 0.1) is 11.3 Å². The molecule has 6 nitrogen and oxygen atoms in total. The average Bonchev–Trinajstić information content (AvgIpc) is 2.48. The molecular formula is C14H11NO5S. The highest BCUT2D eigenvalue weighted by Crippen LogP contribution is 2.14. The SMILES string of the molecule is N#Cc1ccccc1.O=C(O)c1ccccc1S(=O)(=O)O. The number of aromatic carboxylic acids is 1. The van der Waals surface area contributed by atoms with E-state index >= 15 is 0 Å². The fourth-order valence-electron chi connectivity index (χ4n) is 1.38. The van der Waals surface area contributed by atoms with Gasteiger partial charge in [-0.3, -0.25) is 4.55 Å². The molecule has 0 unspecified atom stereocenters. The van der Waals surface area contributed by atoms with Crippen molar-refractivity contribution in [2.45, 2.75) is 4.90 Å². The van der Waals surface area contributed by atoms with Gasteiger partial charge in [-0.25, -0.2) is 4.79 Å². The number of nitrogens with zero attached hydrogens (tertiary/aromatic N) is 1. The summed E-state index contributed by atoms with van der Waals surface area (Å²) in [5, 5.41) is 16.8. The van der Waals surface area contributed by atoms with Crippen molar-refractivity contribution >= 4 is 16.1 Å². The lowest BCUT2D eigenvalue weighted by molar-refractivity contribution is 0.0692. The van der Waals surface area contributed by atoms with Gasteiger partial charge in [0.05, 0.1) is 17.2 Å². The maximum absolute atomic E-state index is 10.7. The minimum absolute atomic E-state index is 0.440.